The summed E-state index contributed by atoms with van der Waals surface area (Å²) in [6.07, 6.45) is 2.19. The van der Waals surface area contributed by atoms with E-state index in [2.05, 4.69) is 9.97 Å². The molecule has 0 unspecified atom stereocenters. The number of rotatable bonds is 6. The first-order valence-electron chi connectivity index (χ1n) is 6.52. The zero-order valence-electron chi connectivity index (χ0n) is 11.7. The lowest BCUT2D eigenvalue weighted by molar-refractivity contribution is 0.415. The number of nitrogens with zero attached hydrogens (tertiary/aromatic N) is 2. The van der Waals surface area contributed by atoms with Crippen LogP contribution in [0.2, 0.25) is 0 Å². The predicted molar refractivity (Wildman–Crippen MR) is 91.2 cm³/mol. The fourth-order valence-electron chi connectivity index (χ4n) is 2.00. The summed E-state index contributed by atoms with van der Waals surface area (Å²) >= 11 is 2.00. The van der Waals surface area contributed by atoms with E-state index >= 15 is 0 Å². The summed E-state index contributed by atoms with van der Waals surface area (Å²) in [6, 6.07) is 7.64. The number of benzene rings is 1. The summed E-state index contributed by atoms with van der Waals surface area (Å²) in [7, 11) is 1.62. The number of nitrogens with one attached hydrogen (secondary N) is 1. The maximum absolute atomic E-state index is 11.8. The minimum Gasteiger partial charge on any atom is -0.495 e. The normalized spacial score (nSPS) is 10.4. The van der Waals surface area contributed by atoms with Crippen molar-refractivity contribution < 1.29 is 4.74 Å². The fraction of sp³-hybridized carbons (Fsp3) is 0.286. The van der Waals surface area contributed by atoms with Crippen molar-refractivity contribution in [2.45, 2.75) is 6.42 Å². The van der Waals surface area contributed by atoms with Crippen molar-refractivity contribution in [3.05, 3.63) is 44.5 Å². The van der Waals surface area contributed by atoms with Crippen LogP contribution in [-0.4, -0.2) is 30.2 Å². The van der Waals surface area contributed by atoms with Gasteiger partial charge in [0.15, 0.2) is 5.82 Å². The number of halogens is 1. The summed E-state index contributed by atoms with van der Waals surface area (Å²) < 4.78 is 5.95. The number of nitrogens with two attached hydrogens (primary N) is 1. The van der Waals surface area contributed by atoms with Crippen molar-refractivity contribution in [3.8, 4) is 5.75 Å². The summed E-state index contributed by atoms with van der Waals surface area (Å²) in [5, 5.41) is 0. The van der Waals surface area contributed by atoms with E-state index in [1.165, 1.54) is 6.33 Å². The third kappa shape index (κ3) is 3.53. The van der Waals surface area contributed by atoms with Crippen LogP contribution in [0, 0.1) is 3.57 Å². The highest BCUT2D eigenvalue weighted by Gasteiger charge is 2.18. The van der Waals surface area contributed by atoms with E-state index in [4.69, 9.17) is 10.5 Å². The Morgan fingerprint density at radius 2 is 2.19 bits per heavy atom. The first-order chi connectivity index (χ1) is 10.2. The molecule has 0 aliphatic rings. The second-order valence-electron chi connectivity index (χ2n) is 4.33. The maximum atomic E-state index is 11.8. The van der Waals surface area contributed by atoms with Crippen molar-refractivity contribution in [1.82, 2.24) is 9.97 Å². The van der Waals surface area contributed by atoms with Gasteiger partial charge >= 0.3 is 0 Å². The average molecular weight is 400 g/mol. The van der Waals surface area contributed by atoms with E-state index in [1.54, 1.807) is 7.11 Å². The largest absolute Gasteiger partial charge is 0.495 e. The fourth-order valence-corrected chi connectivity index (χ4v) is 2.59. The Labute approximate surface area is 136 Å². The van der Waals surface area contributed by atoms with Crippen molar-refractivity contribution in [2.24, 2.45) is 5.73 Å². The van der Waals surface area contributed by atoms with Gasteiger partial charge in [0.2, 0.25) is 0 Å². The standard InChI is InChI=1S/C14H17IN4O2/c1-21-11-6-3-2-5-10(11)19(8-4-7-16)13-12(15)14(20)18-9-17-13/h2-3,5-6,9H,4,7-8,16H2,1H3,(H,17,18,20). The first kappa shape index (κ1) is 15.8. The number of hydrogen-bond donors (Lipinski definition) is 2. The maximum Gasteiger partial charge on any atom is 0.266 e. The summed E-state index contributed by atoms with van der Waals surface area (Å²) in [5.74, 6) is 1.34. The number of para-hydroxylation sites is 2. The molecule has 1 aromatic carbocycles. The highest BCUT2D eigenvalue weighted by Crippen LogP contribution is 2.33. The van der Waals surface area contributed by atoms with Crippen LogP contribution in [-0.2, 0) is 0 Å². The molecule has 0 saturated carbocycles. The Morgan fingerprint density at radius 3 is 2.90 bits per heavy atom. The van der Waals surface area contributed by atoms with Gasteiger partial charge in [0.1, 0.15) is 9.32 Å². The SMILES string of the molecule is COc1ccccc1N(CCCN)c1nc[nH]c(=O)c1I. The Kier molecular flexibility index (Phi) is 5.57. The molecule has 0 aliphatic carbocycles. The smallest absolute Gasteiger partial charge is 0.266 e. The quantitative estimate of drug-likeness (QED) is 0.724. The van der Waals surface area contributed by atoms with Gasteiger partial charge in [0.05, 0.1) is 19.1 Å². The molecular weight excluding hydrogens is 383 g/mol. The second-order valence-corrected chi connectivity index (χ2v) is 5.41. The molecule has 112 valence electrons. The molecule has 1 aromatic heterocycles. The molecule has 1 heterocycles. The van der Waals surface area contributed by atoms with Crippen LogP contribution < -0.4 is 20.9 Å². The monoisotopic (exact) mass is 400 g/mol. The van der Waals surface area contributed by atoms with Crippen LogP contribution in [0.1, 0.15) is 6.42 Å². The van der Waals surface area contributed by atoms with E-state index in [9.17, 15) is 4.79 Å². The van der Waals surface area contributed by atoms with Gasteiger partial charge in [-0.15, -0.1) is 0 Å². The van der Waals surface area contributed by atoms with Crippen LogP contribution in [0.15, 0.2) is 35.4 Å². The zero-order valence-corrected chi connectivity index (χ0v) is 13.8. The lowest BCUT2D eigenvalue weighted by Crippen LogP contribution is -2.26. The van der Waals surface area contributed by atoms with Crippen molar-refractivity contribution in [2.75, 3.05) is 25.1 Å². The molecule has 0 bridgehead atoms. The summed E-state index contributed by atoms with van der Waals surface area (Å²) in [5.41, 5.74) is 6.33. The van der Waals surface area contributed by atoms with Gasteiger partial charge in [-0.25, -0.2) is 4.98 Å². The average Bonchev–Trinajstić information content (AvgIpc) is 2.52. The van der Waals surface area contributed by atoms with Crippen LogP contribution in [0.5, 0.6) is 5.75 Å². The third-order valence-electron chi connectivity index (χ3n) is 3.00. The Bertz CT molecular complexity index is 659. The molecule has 0 radical (unpaired) electrons. The van der Waals surface area contributed by atoms with Crippen LogP contribution in [0.3, 0.4) is 0 Å². The predicted octanol–water partition coefficient (Wildman–Crippen LogP) is 1.87. The molecule has 0 spiro atoms. The highest BCUT2D eigenvalue weighted by molar-refractivity contribution is 14.1. The summed E-state index contributed by atoms with van der Waals surface area (Å²) in [4.78, 5) is 20.7. The number of anilines is 2. The van der Waals surface area contributed by atoms with Gasteiger partial charge in [0, 0.05) is 6.54 Å². The number of hydrogen-bond acceptors (Lipinski definition) is 5. The molecule has 7 heteroatoms. The lowest BCUT2D eigenvalue weighted by Gasteiger charge is -2.25. The molecule has 2 aromatic rings. The van der Waals surface area contributed by atoms with E-state index in [1.807, 2.05) is 51.8 Å². The van der Waals surface area contributed by atoms with E-state index < -0.39 is 0 Å². The van der Waals surface area contributed by atoms with Crippen LogP contribution in [0.4, 0.5) is 11.5 Å². The molecule has 2 rings (SSSR count). The first-order valence-corrected chi connectivity index (χ1v) is 7.60. The van der Waals surface area contributed by atoms with Gasteiger partial charge < -0.3 is 20.4 Å². The molecule has 21 heavy (non-hydrogen) atoms. The van der Waals surface area contributed by atoms with Gasteiger partial charge in [-0.2, -0.15) is 0 Å². The van der Waals surface area contributed by atoms with Gasteiger partial charge in [0.25, 0.3) is 5.56 Å². The third-order valence-corrected chi connectivity index (χ3v) is 3.97. The second kappa shape index (κ2) is 7.41. The van der Waals surface area contributed by atoms with E-state index in [0.717, 1.165) is 17.9 Å². The van der Waals surface area contributed by atoms with E-state index in [0.29, 0.717) is 22.5 Å². The number of H-pyrrole nitrogens is 1. The van der Waals surface area contributed by atoms with Crippen LogP contribution >= 0.6 is 22.6 Å². The van der Waals surface area contributed by atoms with E-state index in [-0.39, 0.29) is 5.56 Å². The molecule has 0 amide bonds. The molecule has 0 atom stereocenters. The zero-order chi connectivity index (χ0) is 15.2. The van der Waals surface area contributed by atoms with Gasteiger partial charge in [-0.05, 0) is 47.7 Å². The number of aromatic amines is 1. The Balaban J connectivity index is 2.52. The molecule has 6 nitrogen and oxygen atoms in total. The van der Waals surface area contributed by atoms with Gasteiger partial charge in [-0.3, -0.25) is 4.79 Å². The molecule has 3 N–H and O–H groups in total. The van der Waals surface area contributed by atoms with Crippen LogP contribution in [0.25, 0.3) is 0 Å². The Morgan fingerprint density at radius 1 is 1.43 bits per heavy atom. The minimum absolute atomic E-state index is 0.159. The number of aromatic nitrogens is 2. The molecular formula is C14H17IN4O2. The highest BCUT2D eigenvalue weighted by atomic mass is 127. The molecule has 0 fully saturated rings. The lowest BCUT2D eigenvalue weighted by atomic mass is 10.2. The number of methoxy groups -OCH3 is 1. The minimum atomic E-state index is -0.159. The molecule has 0 aliphatic heterocycles. The number of ether oxygens (including phenoxy) is 1. The summed E-state index contributed by atoms with van der Waals surface area (Å²) in [6.45, 7) is 1.22. The van der Waals surface area contributed by atoms with Crippen molar-refractivity contribution in [3.63, 3.8) is 0 Å². The molecule has 0 saturated heterocycles. The van der Waals surface area contributed by atoms with Crippen molar-refractivity contribution in [1.29, 1.82) is 0 Å². The van der Waals surface area contributed by atoms with Gasteiger partial charge in [-0.1, -0.05) is 12.1 Å². The van der Waals surface area contributed by atoms with Crippen molar-refractivity contribution >= 4 is 34.1 Å². The Hall–Kier alpha value is -1.61. The topological polar surface area (TPSA) is 84.2 Å².